The lowest BCUT2D eigenvalue weighted by Crippen LogP contribution is -2.30. The smallest absolute Gasteiger partial charge is 0.228 e. The molecule has 5 nitrogen and oxygen atoms in total. The Hall–Kier alpha value is -2.01. The van der Waals surface area contributed by atoms with Gasteiger partial charge in [-0.05, 0) is 31.0 Å². The fourth-order valence-corrected chi connectivity index (χ4v) is 3.02. The van der Waals surface area contributed by atoms with Gasteiger partial charge in [0, 0.05) is 42.8 Å². The van der Waals surface area contributed by atoms with E-state index in [0.29, 0.717) is 11.4 Å². The van der Waals surface area contributed by atoms with Gasteiger partial charge in [0.25, 0.3) is 0 Å². The van der Waals surface area contributed by atoms with Crippen LogP contribution in [-0.4, -0.2) is 22.0 Å². The minimum Gasteiger partial charge on any atom is -0.383 e. The molecule has 0 unspecified atom stereocenters. The van der Waals surface area contributed by atoms with Crippen molar-refractivity contribution >= 4 is 28.9 Å². The zero-order chi connectivity index (χ0) is 16.2. The average molecular weight is 333 g/mol. The highest BCUT2D eigenvalue weighted by Gasteiger charge is 2.25. The van der Waals surface area contributed by atoms with E-state index in [4.69, 9.17) is 11.6 Å². The summed E-state index contributed by atoms with van der Waals surface area (Å²) in [7, 11) is 0. The molecule has 2 N–H and O–H groups in total. The third kappa shape index (κ3) is 3.67. The first-order valence-electron chi connectivity index (χ1n) is 8.01. The Bertz CT molecular complexity index is 698. The second-order valence-corrected chi connectivity index (χ2v) is 6.27. The first-order chi connectivity index (χ1) is 11.2. The summed E-state index contributed by atoms with van der Waals surface area (Å²) in [6.07, 6.45) is 6.28. The standard InChI is InChI=1S/C17H21ClN4O/c1-2-6-19-14-4-3-13(18)11-15(14)21-17(23)12-5-8-22-9-7-20-16(22)10-12/h3-4,7,9,11-12,19H,2,5-6,8,10H2,1H3,(H,21,23)/t12-/m1/s1. The molecule has 1 aromatic carbocycles. The maximum absolute atomic E-state index is 12.6. The number of aromatic nitrogens is 2. The SMILES string of the molecule is CCCNc1ccc(Cl)cc1NC(=O)[C@@H]1CCn2ccnc2C1. The number of halogens is 1. The zero-order valence-electron chi connectivity index (χ0n) is 13.2. The van der Waals surface area contributed by atoms with Crippen LogP contribution in [0.3, 0.4) is 0 Å². The maximum Gasteiger partial charge on any atom is 0.228 e. The van der Waals surface area contributed by atoms with Gasteiger partial charge in [0.2, 0.25) is 5.91 Å². The van der Waals surface area contributed by atoms with Crippen LogP contribution in [0.5, 0.6) is 0 Å². The Labute approximate surface area is 141 Å². The topological polar surface area (TPSA) is 58.9 Å². The lowest BCUT2D eigenvalue weighted by Gasteiger charge is -2.23. The summed E-state index contributed by atoms with van der Waals surface area (Å²) in [5.74, 6) is 0.954. The molecule has 2 aromatic rings. The Morgan fingerprint density at radius 2 is 2.30 bits per heavy atom. The molecule has 1 aromatic heterocycles. The Morgan fingerprint density at radius 3 is 3.13 bits per heavy atom. The first-order valence-corrected chi connectivity index (χ1v) is 8.39. The van der Waals surface area contributed by atoms with Crippen molar-refractivity contribution in [2.75, 3.05) is 17.2 Å². The van der Waals surface area contributed by atoms with Gasteiger partial charge >= 0.3 is 0 Å². The summed E-state index contributed by atoms with van der Waals surface area (Å²) in [5, 5.41) is 6.96. The molecule has 0 radical (unpaired) electrons. The molecule has 0 saturated heterocycles. The molecule has 1 aliphatic heterocycles. The van der Waals surface area contributed by atoms with Gasteiger partial charge in [-0.3, -0.25) is 4.79 Å². The number of nitrogens with zero attached hydrogens (tertiary/aromatic N) is 2. The molecular weight excluding hydrogens is 312 g/mol. The number of benzene rings is 1. The molecule has 0 spiro atoms. The number of rotatable bonds is 5. The second-order valence-electron chi connectivity index (χ2n) is 5.83. The number of aryl methyl sites for hydroxylation is 1. The van der Waals surface area contributed by atoms with Crippen molar-refractivity contribution < 1.29 is 4.79 Å². The minimum atomic E-state index is -0.0529. The number of hydrogen-bond acceptors (Lipinski definition) is 3. The van der Waals surface area contributed by atoms with E-state index in [2.05, 4.69) is 27.1 Å². The monoisotopic (exact) mass is 332 g/mol. The van der Waals surface area contributed by atoms with Gasteiger partial charge in [-0.2, -0.15) is 0 Å². The molecule has 3 rings (SSSR count). The lowest BCUT2D eigenvalue weighted by molar-refractivity contribution is -0.120. The fourth-order valence-electron chi connectivity index (χ4n) is 2.84. The maximum atomic E-state index is 12.6. The predicted octanol–water partition coefficient (Wildman–Crippen LogP) is 3.56. The van der Waals surface area contributed by atoms with Crippen molar-refractivity contribution in [3.8, 4) is 0 Å². The summed E-state index contributed by atoms with van der Waals surface area (Å²) in [4.78, 5) is 16.9. The van der Waals surface area contributed by atoms with Crippen LogP contribution in [0.4, 0.5) is 11.4 Å². The number of amides is 1. The van der Waals surface area contributed by atoms with E-state index < -0.39 is 0 Å². The Kier molecular flexibility index (Phi) is 4.86. The van der Waals surface area contributed by atoms with Crippen LogP contribution in [0, 0.1) is 5.92 Å². The lowest BCUT2D eigenvalue weighted by atomic mass is 9.96. The highest BCUT2D eigenvalue weighted by atomic mass is 35.5. The van der Waals surface area contributed by atoms with E-state index in [-0.39, 0.29) is 11.8 Å². The van der Waals surface area contributed by atoms with Crippen LogP contribution in [0.25, 0.3) is 0 Å². The molecule has 122 valence electrons. The first kappa shape index (κ1) is 15.9. The van der Waals surface area contributed by atoms with Gasteiger partial charge in [-0.15, -0.1) is 0 Å². The zero-order valence-corrected chi connectivity index (χ0v) is 13.9. The third-order valence-electron chi connectivity index (χ3n) is 4.12. The summed E-state index contributed by atoms with van der Waals surface area (Å²) < 4.78 is 2.11. The van der Waals surface area contributed by atoms with Crippen molar-refractivity contribution in [1.29, 1.82) is 0 Å². The van der Waals surface area contributed by atoms with E-state index >= 15 is 0 Å². The Balaban J connectivity index is 1.71. The van der Waals surface area contributed by atoms with Gasteiger partial charge in [0.1, 0.15) is 5.82 Å². The largest absolute Gasteiger partial charge is 0.383 e. The van der Waals surface area contributed by atoms with Crippen molar-refractivity contribution in [3.63, 3.8) is 0 Å². The molecule has 0 saturated carbocycles. The molecule has 1 amide bonds. The van der Waals surface area contributed by atoms with Crippen LogP contribution in [-0.2, 0) is 17.8 Å². The van der Waals surface area contributed by atoms with Crippen LogP contribution in [0.2, 0.25) is 5.02 Å². The number of fused-ring (bicyclic) bond motifs is 1. The van der Waals surface area contributed by atoms with Gasteiger partial charge in [0.15, 0.2) is 0 Å². The third-order valence-corrected chi connectivity index (χ3v) is 4.36. The van der Waals surface area contributed by atoms with Crippen LogP contribution in [0.1, 0.15) is 25.6 Å². The van der Waals surface area contributed by atoms with E-state index in [1.165, 1.54) is 0 Å². The van der Waals surface area contributed by atoms with Crippen LogP contribution >= 0.6 is 11.6 Å². The highest BCUT2D eigenvalue weighted by molar-refractivity contribution is 6.31. The van der Waals surface area contributed by atoms with Crippen molar-refractivity contribution in [2.24, 2.45) is 5.92 Å². The number of carbonyl (C=O) groups excluding carboxylic acids is 1. The normalized spacial score (nSPS) is 16.7. The number of carbonyl (C=O) groups is 1. The highest BCUT2D eigenvalue weighted by Crippen LogP contribution is 2.28. The molecule has 6 heteroatoms. The molecule has 2 heterocycles. The number of nitrogens with one attached hydrogen (secondary N) is 2. The number of imidazole rings is 1. The fraction of sp³-hybridized carbons (Fsp3) is 0.412. The van der Waals surface area contributed by atoms with Gasteiger partial charge in [0.05, 0.1) is 11.4 Å². The minimum absolute atomic E-state index is 0.0288. The molecule has 0 aliphatic carbocycles. The number of hydrogen-bond donors (Lipinski definition) is 2. The van der Waals surface area contributed by atoms with Gasteiger partial charge < -0.3 is 15.2 Å². The van der Waals surface area contributed by atoms with E-state index in [1.54, 1.807) is 12.3 Å². The second kappa shape index (κ2) is 7.04. The molecule has 1 aliphatic rings. The van der Waals surface area contributed by atoms with E-state index in [9.17, 15) is 4.79 Å². The van der Waals surface area contributed by atoms with Crippen molar-refractivity contribution in [2.45, 2.75) is 32.7 Å². The average Bonchev–Trinajstić information content (AvgIpc) is 3.01. The molecular formula is C17H21ClN4O. The summed E-state index contributed by atoms with van der Waals surface area (Å²) in [5.41, 5.74) is 1.65. The summed E-state index contributed by atoms with van der Waals surface area (Å²) >= 11 is 6.08. The van der Waals surface area contributed by atoms with Crippen LogP contribution < -0.4 is 10.6 Å². The van der Waals surface area contributed by atoms with Crippen LogP contribution in [0.15, 0.2) is 30.6 Å². The van der Waals surface area contributed by atoms with E-state index in [0.717, 1.165) is 43.1 Å². The molecule has 0 fully saturated rings. The number of anilines is 2. The molecule has 23 heavy (non-hydrogen) atoms. The quantitative estimate of drug-likeness (QED) is 0.880. The Morgan fingerprint density at radius 1 is 1.43 bits per heavy atom. The molecule has 1 atom stereocenters. The summed E-state index contributed by atoms with van der Waals surface area (Å²) in [6.45, 7) is 3.79. The summed E-state index contributed by atoms with van der Waals surface area (Å²) in [6, 6.07) is 5.52. The van der Waals surface area contributed by atoms with Crippen molar-refractivity contribution in [1.82, 2.24) is 9.55 Å². The van der Waals surface area contributed by atoms with Gasteiger partial charge in [-0.25, -0.2) is 4.98 Å². The van der Waals surface area contributed by atoms with Gasteiger partial charge in [-0.1, -0.05) is 18.5 Å². The van der Waals surface area contributed by atoms with E-state index in [1.807, 2.05) is 18.3 Å². The predicted molar refractivity (Wildman–Crippen MR) is 92.9 cm³/mol. The van der Waals surface area contributed by atoms with Crippen molar-refractivity contribution in [3.05, 3.63) is 41.4 Å². The molecule has 0 bridgehead atoms.